The summed E-state index contributed by atoms with van der Waals surface area (Å²) in [5.74, 6) is -0.175. The Bertz CT molecular complexity index is 617. The largest absolute Gasteiger partial charge is 0.383 e. The lowest BCUT2D eigenvalue weighted by molar-refractivity contribution is -0.119. The molecule has 8 nitrogen and oxygen atoms in total. The highest BCUT2D eigenvalue weighted by atomic mass is 16.2. The van der Waals surface area contributed by atoms with Crippen LogP contribution in [0, 0.1) is 0 Å². The van der Waals surface area contributed by atoms with E-state index in [1.165, 1.54) is 11.6 Å². The van der Waals surface area contributed by atoms with Crippen molar-refractivity contribution < 1.29 is 4.79 Å². The molecular formula is C13H23N5O3. The van der Waals surface area contributed by atoms with Gasteiger partial charge in [-0.1, -0.05) is 13.3 Å². The average Bonchev–Trinajstić information content (AvgIpc) is 2.45. The molecule has 4 N–H and O–H groups in total. The van der Waals surface area contributed by atoms with E-state index < -0.39 is 11.2 Å². The average molecular weight is 297 g/mol. The van der Waals surface area contributed by atoms with Crippen LogP contribution in [-0.4, -0.2) is 28.1 Å². The molecule has 21 heavy (non-hydrogen) atoms. The first kappa shape index (κ1) is 16.8. The van der Waals surface area contributed by atoms with Crippen LogP contribution in [0.5, 0.6) is 0 Å². The SMILES string of the molecule is CCCCn1c(N)c(NCC(=O)NCC)c(=O)n(C)c1=O. The second-order valence-electron chi connectivity index (χ2n) is 4.72. The molecule has 1 aromatic heterocycles. The van der Waals surface area contributed by atoms with Gasteiger partial charge in [0, 0.05) is 20.1 Å². The van der Waals surface area contributed by atoms with Crippen molar-refractivity contribution in [2.24, 2.45) is 7.05 Å². The second-order valence-corrected chi connectivity index (χ2v) is 4.72. The molecule has 8 heteroatoms. The molecule has 0 aliphatic rings. The Morgan fingerprint density at radius 3 is 2.52 bits per heavy atom. The highest BCUT2D eigenvalue weighted by molar-refractivity contribution is 5.81. The zero-order valence-electron chi connectivity index (χ0n) is 12.7. The maximum absolute atomic E-state index is 12.1. The van der Waals surface area contributed by atoms with Crippen molar-refractivity contribution in [2.45, 2.75) is 33.2 Å². The molecule has 1 amide bonds. The van der Waals surface area contributed by atoms with Gasteiger partial charge in [-0.25, -0.2) is 4.79 Å². The highest BCUT2D eigenvalue weighted by Crippen LogP contribution is 2.11. The minimum absolute atomic E-state index is 0.0702. The van der Waals surface area contributed by atoms with Crippen molar-refractivity contribution >= 4 is 17.4 Å². The lowest BCUT2D eigenvalue weighted by Gasteiger charge is -2.15. The standard InChI is InChI=1S/C13H23N5O3/c1-4-6-7-18-11(14)10(12(20)17(3)13(18)21)16-8-9(19)15-5-2/h16H,4-8,14H2,1-3H3,(H,15,19). The number of aromatic nitrogens is 2. The fourth-order valence-electron chi connectivity index (χ4n) is 1.91. The smallest absolute Gasteiger partial charge is 0.332 e. The number of carbonyl (C=O) groups excluding carboxylic acids is 1. The molecule has 1 heterocycles. The molecule has 1 rings (SSSR count). The van der Waals surface area contributed by atoms with Gasteiger partial charge in [0.25, 0.3) is 5.56 Å². The summed E-state index contributed by atoms with van der Waals surface area (Å²) < 4.78 is 2.34. The number of nitrogens with one attached hydrogen (secondary N) is 2. The van der Waals surface area contributed by atoms with Crippen LogP contribution in [-0.2, 0) is 18.4 Å². The number of nitrogens with zero attached hydrogens (tertiary/aromatic N) is 2. The fourth-order valence-corrected chi connectivity index (χ4v) is 1.91. The van der Waals surface area contributed by atoms with E-state index >= 15 is 0 Å². The summed E-state index contributed by atoms with van der Waals surface area (Å²) >= 11 is 0. The molecule has 0 unspecified atom stereocenters. The maximum Gasteiger partial charge on any atom is 0.332 e. The van der Waals surface area contributed by atoms with Crippen molar-refractivity contribution in [3.63, 3.8) is 0 Å². The van der Waals surface area contributed by atoms with E-state index in [9.17, 15) is 14.4 Å². The summed E-state index contributed by atoms with van der Waals surface area (Å²) in [6.07, 6.45) is 1.68. The van der Waals surface area contributed by atoms with Gasteiger partial charge >= 0.3 is 5.69 Å². The van der Waals surface area contributed by atoms with Gasteiger partial charge in [0.2, 0.25) is 5.91 Å². The van der Waals surface area contributed by atoms with Gasteiger partial charge in [-0.3, -0.25) is 18.7 Å². The van der Waals surface area contributed by atoms with Crippen molar-refractivity contribution in [3.05, 3.63) is 20.8 Å². The van der Waals surface area contributed by atoms with E-state index in [0.717, 1.165) is 17.4 Å². The normalized spacial score (nSPS) is 10.4. The molecule has 1 aromatic rings. The van der Waals surface area contributed by atoms with E-state index in [-0.39, 0.29) is 24.0 Å². The predicted molar refractivity (Wildman–Crippen MR) is 82.4 cm³/mol. The molecule has 0 saturated carbocycles. The van der Waals surface area contributed by atoms with Crippen molar-refractivity contribution in [1.82, 2.24) is 14.5 Å². The topological polar surface area (TPSA) is 111 Å². The van der Waals surface area contributed by atoms with Crippen LogP contribution in [0.4, 0.5) is 11.5 Å². The van der Waals surface area contributed by atoms with Crippen LogP contribution in [0.25, 0.3) is 0 Å². The summed E-state index contributed by atoms with van der Waals surface area (Å²) in [5.41, 5.74) is 5.01. The summed E-state index contributed by atoms with van der Waals surface area (Å²) in [6.45, 7) is 4.67. The number of amides is 1. The Morgan fingerprint density at radius 1 is 1.29 bits per heavy atom. The lowest BCUT2D eigenvalue weighted by atomic mass is 10.3. The van der Waals surface area contributed by atoms with Crippen LogP contribution in [0.15, 0.2) is 9.59 Å². The van der Waals surface area contributed by atoms with E-state index in [2.05, 4.69) is 10.6 Å². The molecule has 0 atom stereocenters. The molecular weight excluding hydrogens is 274 g/mol. The third kappa shape index (κ3) is 3.87. The Balaban J connectivity index is 3.13. The van der Waals surface area contributed by atoms with E-state index in [1.807, 2.05) is 6.92 Å². The molecule has 0 aliphatic heterocycles. The fraction of sp³-hybridized carbons (Fsp3) is 0.615. The number of anilines is 2. The van der Waals surface area contributed by atoms with Gasteiger partial charge in [-0.05, 0) is 13.3 Å². The number of nitrogens with two attached hydrogens (primary N) is 1. The van der Waals surface area contributed by atoms with E-state index in [4.69, 9.17) is 5.73 Å². The minimum atomic E-state index is -0.533. The van der Waals surface area contributed by atoms with Crippen molar-refractivity contribution in [2.75, 3.05) is 24.1 Å². The van der Waals surface area contributed by atoms with Gasteiger partial charge in [0.05, 0.1) is 6.54 Å². The third-order valence-electron chi connectivity index (χ3n) is 3.12. The number of hydrogen-bond donors (Lipinski definition) is 3. The molecule has 0 aromatic carbocycles. The molecule has 0 radical (unpaired) electrons. The van der Waals surface area contributed by atoms with Gasteiger partial charge in [0.1, 0.15) is 11.5 Å². The van der Waals surface area contributed by atoms with E-state index in [0.29, 0.717) is 13.1 Å². The Labute approximate surface area is 122 Å². The monoisotopic (exact) mass is 297 g/mol. The number of nitrogen functional groups attached to an aromatic ring is 1. The van der Waals surface area contributed by atoms with Crippen LogP contribution in [0.1, 0.15) is 26.7 Å². The first-order chi connectivity index (χ1) is 9.93. The number of likely N-dealkylation sites (N-methyl/N-ethyl adjacent to an activating group) is 1. The first-order valence-corrected chi connectivity index (χ1v) is 7.03. The summed E-state index contributed by atoms with van der Waals surface area (Å²) in [6, 6.07) is 0. The van der Waals surface area contributed by atoms with Crippen LogP contribution < -0.4 is 27.6 Å². The Hall–Kier alpha value is -2.25. The summed E-state index contributed by atoms with van der Waals surface area (Å²) in [7, 11) is 1.39. The number of carbonyl (C=O) groups is 1. The predicted octanol–water partition coefficient (Wildman–Crippen LogP) is -0.523. The van der Waals surface area contributed by atoms with Crippen LogP contribution >= 0.6 is 0 Å². The van der Waals surface area contributed by atoms with Gasteiger partial charge < -0.3 is 16.4 Å². The minimum Gasteiger partial charge on any atom is -0.383 e. The molecule has 0 aliphatic carbocycles. The third-order valence-corrected chi connectivity index (χ3v) is 3.12. The van der Waals surface area contributed by atoms with E-state index in [1.54, 1.807) is 6.92 Å². The summed E-state index contributed by atoms with van der Waals surface area (Å²) in [5, 5.41) is 5.33. The van der Waals surface area contributed by atoms with Crippen molar-refractivity contribution in [1.29, 1.82) is 0 Å². The first-order valence-electron chi connectivity index (χ1n) is 7.03. The molecule has 0 bridgehead atoms. The second kappa shape index (κ2) is 7.51. The lowest BCUT2D eigenvalue weighted by Crippen LogP contribution is -2.41. The van der Waals surface area contributed by atoms with Crippen LogP contribution in [0.3, 0.4) is 0 Å². The molecule has 118 valence electrons. The quantitative estimate of drug-likeness (QED) is 0.627. The molecule has 0 spiro atoms. The summed E-state index contributed by atoms with van der Waals surface area (Å²) in [4.78, 5) is 35.6. The highest BCUT2D eigenvalue weighted by Gasteiger charge is 2.15. The molecule has 0 saturated heterocycles. The zero-order chi connectivity index (χ0) is 16.0. The van der Waals surface area contributed by atoms with Gasteiger partial charge in [-0.2, -0.15) is 0 Å². The van der Waals surface area contributed by atoms with Crippen LogP contribution in [0.2, 0.25) is 0 Å². The Kier molecular flexibility index (Phi) is 6.01. The van der Waals surface area contributed by atoms with Crippen molar-refractivity contribution in [3.8, 4) is 0 Å². The maximum atomic E-state index is 12.1. The number of hydrogen-bond acceptors (Lipinski definition) is 5. The Morgan fingerprint density at radius 2 is 1.95 bits per heavy atom. The molecule has 0 fully saturated rings. The number of unbranched alkanes of at least 4 members (excludes halogenated alkanes) is 1. The van der Waals surface area contributed by atoms with Gasteiger partial charge in [0.15, 0.2) is 0 Å². The van der Waals surface area contributed by atoms with Gasteiger partial charge in [-0.15, -0.1) is 0 Å². The zero-order valence-corrected chi connectivity index (χ0v) is 12.7. The number of rotatable bonds is 7.